The van der Waals surface area contributed by atoms with E-state index in [4.69, 9.17) is 5.11 Å². The molecule has 0 saturated carbocycles. The van der Waals surface area contributed by atoms with Gasteiger partial charge in [0.15, 0.2) is 11.5 Å². The van der Waals surface area contributed by atoms with E-state index < -0.39 is 11.7 Å². The summed E-state index contributed by atoms with van der Waals surface area (Å²) in [5, 5.41) is 29.7. The first-order valence-corrected chi connectivity index (χ1v) is 5.12. The summed E-state index contributed by atoms with van der Waals surface area (Å²) in [7, 11) is 0. The van der Waals surface area contributed by atoms with E-state index in [0.717, 1.165) is 5.56 Å². The number of rotatable bonds is 1. The van der Waals surface area contributed by atoms with E-state index in [1.807, 2.05) is 13.0 Å². The molecule has 0 aromatic heterocycles. The molecule has 0 fully saturated rings. The predicted molar refractivity (Wildman–Crippen MR) is 63.7 cm³/mol. The quantitative estimate of drug-likeness (QED) is 0.660. The number of aryl methyl sites for hydroxylation is 2. The van der Waals surface area contributed by atoms with Crippen molar-refractivity contribution in [3.05, 3.63) is 34.9 Å². The van der Waals surface area contributed by atoms with Gasteiger partial charge in [0.25, 0.3) is 0 Å². The molecular weight excluding hydrogens is 220 g/mol. The molecule has 4 nitrogen and oxygen atoms in total. The first kappa shape index (κ1) is 11.3. The van der Waals surface area contributed by atoms with E-state index in [0.29, 0.717) is 16.3 Å². The van der Waals surface area contributed by atoms with Gasteiger partial charge in [-0.05, 0) is 24.8 Å². The second-order valence-corrected chi connectivity index (χ2v) is 4.00. The third-order valence-electron chi connectivity index (χ3n) is 2.95. The smallest absolute Gasteiger partial charge is 0.340 e. The monoisotopic (exact) mass is 232 g/mol. The van der Waals surface area contributed by atoms with Crippen LogP contribution in [0.5, 0.6) is 11.5 Å². The SMILES string of the molecule is Cc1cccc2c(C(=O)O)c(O)c(O)c(C)c12. The Morgan fingerprint density at radius 2 is 1.76 bits per heavy atom. The Bertz CT molecular complexity index is 629. The molecule has 88 valence electrons. The zero-order valence-electron chi connectivity index (χ0n) is 9.48. The number of aromatic hydroxyl groups is 2. The lowest BCUT2D eigenvalue weighted by Gasteiger charge is -2.12. The summed E-state index contributed by atoms with van der Waals surface area (Å²) in [4.78, 5) is 11.1. The molecule has 0 bridgehead atoms. The van der Waals surface area contributed by atoms with E-state index >= 15 is 0 Å². The Hall–Kier alpha value is -2.23. The molecule has 0 aliphatic rings. The molecule has 0 atom stereocenters. The second-order valence-electron chi connectivity index (χ2n) is 4.00. The van der Waals surface area contributed by atoms with Crippen molar-refractivity contribution in [1.29, 1.82) is 0 Å². The van der Waals surface area contributed by atoms with Gasteiger partial charge >= 0.3 is 5.97 Å². The minimum Gasteiger partial charge on any atom is -0.504 e. The normalized spacial score (nSPS) is 10.7. The van der Waals surface area contributed by atoms with Crippen LogP contribution in [0.25, 0.3) is 10.8 Å². The van der Waals surface area contributed by atoms with Crippen molar-refractivity contribution in [2.75, 3.05) is 0 Å². The number of carbonyl (C=O) groups is 1. The van der Waals surface area contributed by atoms with Crippen LogP contribution in [0.1, 0.15) is 21.5 Å². The summed E-state index contributed by atoms with van der Waals surface area (Å²) < 4.78 is 0. The minimum atomic E-state index is -1.26. The standard InChI is InChI=1S/C13H12O4/c1-6-4-3-5-8-9(6)7(2)11(14)12(15)10(8)13(16)17/h3-5,14-15H,1-2H3,(H,16,17). The van der Waals surface area contributed by atoms with Crippen LogP contribution >= 0.6 is 0 Å². The molecule has 0 heterocycles. The van der Waals surface area contributed by atoms with Gasteiger partial charge in [0.05, 0.1) is 0 Å². The van der Waals surface area contributed by atoms with E-state index in [9.17, 15) is 15.0 Å². The molecule has 0 spiro atoms. The fourth-order valence-electron chi connectivity index (χ4n) is 2.13. The second kappa shape index (κ2) is 3.66. The van der Waals surface area contributed by atoms with Crippen LogP contribution in [0.15, 0.2) is 18.2 Å². The predicted octanol–water partition coefficient (Wildman–Crippen LogP) is 2.57. The number of hydrogen-bond acceptors (Lipinski definition) is 3. The maximum Gasteiger partial charge on any atom is 0.340 e. The molecule has 0 saturated heterocycles. The van der Waals surface area contributed by atoms with Gasteiger partial charge in [0.1, 0.15) is 5.56 Å². The fraction of sp³-hybridized carbons (Fsp3) is 0.154. The van der Waals surface area contributed by atoms with Crippen molar-refractivity contribution in [1.82, 2.24) is 0 Å². The Kier molecular flexibility index (Phi) is 2.42. The lowest BCUT2D eigenvalue weighted by atomic mass is 9.95. The van der Waals surface area contributed by atoms with E-state index in [-0.39, 0.29) is 11.3 Å². The lowest BCUT2D eigenvalue weighted by Crippen LogP contribution is -2.00. The van der Waals surface area contributed by atoms with Gasteiger partial charge in [0.2, 0.25) is 0 Å². The third-order valence-corrected chi connectivity index (χ3v) is 2.95. The summed E-state index contributed by atoms with van der Waals surface area (Å²) in [6.07, 6.45) is 0. The van der Waals surface area contributed by atoms with Crippen molar-refractivity contribution >= 4 is 16.7 Å². The van der Waals surface area contributed by atoms with Crippen LogP contribution in [0.2, 0.25) is 0 Å². The van der Waals surface area contributed by atoms with Crippen LogP contribution in [0.4, 0.5) is 0 Å². The largest absolute Gasteiger partial charge is 0.504 e. The first-order chi connectivity index (χ1) is 7.95. The zero-order valence-corrected chi connectivity index (χ0v) is 9.48. The summed E-state index contributed by atoms with van der Waals surface area (Å²) in [5.41, 5.74) is 1.09. The first-order valence-electron chi connectivity index (χ1n) is 5.12. The van der Waals surface area contributed by atoms with Gasteiger partial charge in [-0.2, -0.15) is 0 Å². The van der Waals surface area contributed by atoms with E-state index in [2.05, 4.69) is 0 Å². The van der Waals surface area contributed by atoms with Crippen LogP contribution in [0, 0.1) is 13.8 Å². The van der Waals surface area contributed by atoms with Crippen LogP contribution < -0.4 is 0 Å². The highest BCUT2D eigenvalue weighted by Crippen LogP contribution is 2.40. The summed E-state index contributed by atoms with van der Waals surface area (Å²) >= 11 is 0. The highest BCUT2D eigenvalue weighted by Gasteiger charge is 2.21. The molecule has 0 amide bonds. The molecule has 0 aliphatic heterocycles. The molecule has 2 aromatic carbocycles. The fourth-order valence-corrected chi connectivity index (χ4v) is 2.13. The van der Waals surface area contributed by atoms with Crippen LogP contribution in [0.3, 0.4) is 0 Å². The maximum absolute atomic E-state index is 11.1. The molecule has 3 N–H and O–H groups in total. The number of aromatic carboxylic acids is 1. The number of phenols is 2. The van der Waals surface area contributed by atoms with Gasteiger partial charge < -0.3 is 15.3 Å². The number of phenolic OH excluding ortho intramolecular Hbond substituents is 1. The molecule has 0 aliphatic carbocycles. The van der Waals surface area contributed by atoms with Gasteiger partial charge in [-0.15, -0.1) is 0 Å². The highest BCUT2D eigenvalue weighted by atomic mass is 16.4. The molecule has 2 aromatic rings. The summed E-state index contributed by atoms with van der Waals surface area (Å²) in [5.74, 6) is -2.20. The van der Waals surface area contributed by atoms with Gasteiger partial charge in [0, 0.05) is 10.9 Å². The van der Waals surface area contributed by atoms with Crippen LogP contribution in [-0.4, -0.2) is 21.3 Å². The molecule has 2 rings (SSSR count). The zero-order chi connectivity index (χ0) is 12.7. The molecule has 0 radical (unpaired) electrons. The summed E-state index contributed by atoms with van der Waals surface area (Å²) in [6, 6.07) is 5.18. The Balaban J connectivity index is 3.10. The van der Waals surface area contributed by atoms with Gasteiger partial charge in [-0.3, -0.25) is 0 Å². The maximum atomic E-state index is 11.1. The lowest BCUT2D eigenvalue weighted by molar-refractivity contribution is 0.0695. The highest BCUT2D eigenvalue weighted by molar-refractivity contribution is 6.09. The number of carboxylic acids is 1. The Labute approximate surface area is 97.8 Å². The molecule has 0 unspecified atom stereocenters. The van der Waals surface area contributed by atoms with E-state index in [1.165, 1.54) is 0 Å². The molecular formula is C13H12O4. The number of carboxylic acid groups (broad SMARTS) is 1. The third kappa shape index (κ3) is 1.49. The van der Waals surface area contributed by atoms with Crippen molar-refractivity contribution in [2.45, 2.75) is 13.8 Å². The van der Waals surface area contributed by atoms with Crippen molar-refractivity contribution < 1.29 is 20.1 Å². The van der Waals surface area contributed by atoms with Crippen molar-refractivity contribution in [2.24, 2.45) is 0 Å². The molecule has 4 heteroatoms. The average Bonchev–Trinajstić information content (AvgIpc) is 2.25. The number of benzene rings is 2. The minimum absolute atomic E-state index is 0.258. The topological polar surface area (TPSA) is 77.8 Å². The number of hydrogen-bond donors (Lipinski definition) is 3. The summed E-state index contributed by atoms with van der Waals surface area (Å²) in [6.45, 7) is 3.48. The Morgan fingerprint density at radius 1 is 1.12 bits per heavy atom. The van der Waals surface area contributed by atoms with Crippen LogP contribution in [-0.2, 0) is 0 Å². The van der Waals surface area contributed by atoms with Crippen molar-refractivity contribution in [3.8, 4) is 11.5 Å². The average molecular weight is 232 g/mol. The Morgan fingerprint density at radius 3 is 2.35 bits per heavy atom. The van der Waals surface area contributed by atoms with Gasteiger partial charge in [-0.25, -0.2) is 4.79 Å². The van der Waals surface area contributed by atoms with Crippen molar-refractivity contribution in [3.63, 3.8) is 0 Å². The van der Waals surface area contributed by atoms with Gasteiger partial charge in [-0.1, -0.05) is 18.2 Å². The van der Waals surface area contributed by atoms with E-state index in [1.54, 1.807) is 19.1 Å². The molecule has 17 heavy (non-hydrogen) atoms. The number of fused-ring (bicyclic) bond motifs is 1.